The molecule has 1 unspecified atom stereocenters. The minimum atomic E-state index is -3.73. The van der Waals surface area contributed by atoms with Gasteiger partial charge in [0.2, 0.25) is 10.0 Å². The highest BCUT2D eigenvalue weighted by Gasteiger charge is 2.16. The molecule has 0 aliphatic rings. The molecule has 0 bridgehead atoms. The van der Waals surface area contributed by atoms with Crippen LogP contribution >= 0.6 is 0 Å². The number of primary sulfonamides is 1. The van der Waals surface area contributed by atoms with Gasteiger partial charge in [-0.2, -0.15) is 8.78 Å². The Hall–Kier alpha value is -1.94. The molecule has 2 amide bonds. The number of para-hydroxylation sites is 1. The summed E-state index contributed by atoms with van der Waals surface area (Å²) in [6.45, 7) is -1.84. The van der Waals surface area contributed by atoms with Crippen molar-refractivity contribution in [1.82, 2.24) is 10.6 Å². The number of nitrogens with two attached hydrogens (primary N) is 1. The van der Waals surface area contributed by atoms with E-state index in [1.54, 1.807) is 6.07 Å². The van der Waals surface area contributed by atoms with E-state index in [9.17, 15) is 22.0 Å². The van der Waals surface area contributed by atoms with E-state index >= 15 is 0 Å². The maximum absolute atomic E-state index is 12.2. The third kappa shape index (κ3) is 6.22. The number of rotatable bonds is 7. The van der Waals surface area contributed by atoms with Crippen LogP contribution in [0.15, 0.2) is 24.3 Å². The van der Waals surface area contributed by atoms with E-state index in [0.717, 1.165) is 0 Å². The van der Waals surface area contributed by atoms with Gasteiger partial charge in [0.15, 0.2) is 0 Å². The molecule has 0 spiro atoms. The first-order valence-corrected chi connectivity index (χ1v) is 7.87. The number of halogens is 2. The molecule has 1 aromatic carbocycles. The van der Waals surface area contributed by atoms with Gasteiger partial charge in [-0.1, -0.05) is 18.2 Å². The Kier molecular flexibility index (Phi) is 6.50. The van der Waals surface area contributed by atoms with Crippen molar-refractivity contribution < 1.29 is 26.7 Å². The van der Waals surface area contributed by atoms with Crippen LogP contribution in [0.5, 0.6) is 5.75 Å². The molecule has 22 heavy (non-hydrogen) atoms. The molecule has 0 heterocycles. The summed E-state index contributed by atoms with van der Waals surface area (Å²) >= 11 is 0. The molecule has 7 nitrogen and oxygen atoms in total. The lowest BCUT2D eigenvalue weighted by molar-refractivity contribution is -0.0504. The van der Waals surface area contributed by atoms with E-state index in [2.05, 4.69) is 15.4 Å². The van der Waals surface area contributed by atoms with Gasteiger partial charge in [0, 0.05) is 18.7 Å². The Balaban J connectivity index is 2.51. The van der Waals surface area contributed by atoms with Crippen LogP contribution in [0, 0.1) is 0 Å². The summed E-state index contributed by atoms with van der Waals surface area (Å²) < 4.78 is 50.8. The Morgan fingerprint density at radius 1 is 1.32 bits per heavy atom. The third-order valence-electron chi connectivity index (χ3n) is 2.74. The minimum Gasteiger partial charge on any atom is -0.434 e. The zero-order valence-corrected chi connectivity index (χ0v) is 12.6. The van der Waals surface area contributed by atoms with Crippen molar-refractivity contribution in [3.05, 3.63) is 29.8 Å². The number of nitrogens with one attached hydrogen (secondary N) is 2. The number of carbonyl (C=O) groups excluding carboxylic acids is 1. The van der Waals surface area contributed by atoms with Crippen molar-refractivity contribution in [3.8, 4) is 5.75 Å². The number of hydrogen-bond donors (Lipinski definition) is 3. The van der Waals surface area contributed by atoms with Gasteiger partial charge in [0.1, 0.15) is 5.75 Å². The monoisotopic (exact) mass is 337 g/mol. The summed E-state index contributed by atoms with van der Waals surface area (Å²) in [5.74, 6) is -0.0456. The molecule has 0 aliphatic heterocycles. The molecule has 0 fully saturated rings. The number of ether oxygens (including phenoxy) is 1. The van der Waals surface area contributed by atoms with Crippen LogP contribution in [0.2, 0.25) is 0 Å². The zero-order chi connectivity index (χ0) is 16.8. The van der Waals surface area contributed by atoms with Crippen LogP contribution in [0.4, 0.5) is 13.6 Å². The standard InChI is InChI=1S/C12H17F2N3O4S/c1-8(22(15,19)20)6-16-12(18)17-7-9-4-2-3-5-10(9)21-11(13)14/h2-5,8,11H,6-7H2,1H3,(H2,15,19,20)(H2,16,17,18). The second-order valence-corrected chi connectivity index (χ2v) is 6.43. The maximum atomic E-state index is 12.2. The first kappa shape index (κ1) is 18.1. The number of alkyl halides is 2. The van der Waals surface area contributed by atoms with E-state index in [1.165, 1.54) is 25.1 Å². The lowest BCUT2D eigenvalue weighted by atomic mass is 10.2. The van der Waals surface area contributed by atoms with Crippen LogP contribution in [-0.4, -0.2) is 32.9 Å². The topological polar surface area (TPSA) is 111 Å². The molecule has 0 aliphatic carbocycles. The van der Waals surface area contributed by atoms with Crippen molar-refractivity contribution in [3.63, 3.8) is 0 Å². The number of hydrogen-bond acceptors (Lipinski definition) is 4. The summed E-state index contributed by atoms with van der Waals surface area (Å²) in [6.07, 6.45) is 0. The minimum absolute atomic E-state index is 0.0456. The smallest absolute Gasteiger partial charge is 0.387 e. The summed E-state index contributed by atoms with van der Waals surface area (Å²) in [4.78, 5) is 11.5. The highest BCUT2D eigenvalue weighted by Crippen LogP contribution is 2.19. The van der Waals surface area contributed by atoms with Crippen LogP contribution in [0.25, 0.3) is 0 Å². The fraction of sp³-hybridized carbons (Fsp3) is 0.417. The molecule has 124 valence electrons. The van der Waals surface area contributed by atoms with Crippen molar-refractivity contribution in [2.45, 2.75) is 25.3 Å². The van der Waals surface area contributed by atoms with Crippen molar-refractivity contribution in [2.24, 2.45) is 5.14 Å². The van der Waals surface area contributed by atoms with E-state index in [-0.39, 0.29) is 18.8 Å². The Bertz CT molecular complexity index is 610. The van der Waals surface area contributed by atoms with Crippen molar-refractivity contribution >= 4 is 16.1 Å². The molecule has 1 rings (SSSR count). The first-order chi connectivity index (χ1) is 10.2. The number of sulfonamides is 1. The molecule has 0 aromatic heterocycles. The summed E-state index contributed by atoms with van der Waals surface area (Å²) in [7, 11) is -3.73. The molecule has 1 aromatic rings. The van der Waals surface area contributed by atoms with Crippen molar-refractivity contribution in [1.29, 1.82) is 0 Å². The molecule has 1 atom stereocenters. The van der Waals surface area contributed by atoms with Gasteiger partial charge in [-0.3, -0.25) is 0 Å². The highest BCUT2D eigenvalue weighted by atomic mass is 32.2. The highest BCUT2D eigenvalue weighted by molar-refractivity contribution is 7.89. The number of amides is 2. The predicted molar refractivity (Wildman–Crippen MR) is 75.9 cm³/mol. The second kappa shape index (κ2) is 7.90. The normalized spacial score (nSPS) is 12.8. The van der Waals surface area contributed by atoms with Crippen molar-refractivity contribution in [2.75, 3.05) is 6.54 Å². The lowest BCUT2D eigenvalue weighted by Gasteiger charge is -2.13. The average Bonchev–Trinajstić information content (AvgIpc) is 2.42. The summed E-state index contributed by atoms with van der Waals surface area (Å²) in [5.41, 5.74) is 0.359. The summed E-state index contributed by atoms with van der Waals surface area (Å²) in [5, 5.41) is 8.70. The van der Waals surface area contributed by atoms with Gasteiger partial charge < -0.3 is 15.4 Å². The SMILES string of the molecule is CC(CNC(=O)NCc1ccccc1OC(F)F)S(N)(=O)=O. The van der Waals surface area contributed by atoms with Gasteiger partial charge in [-0.05, 0) is 13.0 Å². The van der Waals surface area contributed by atoms with Crippen LogP contribution < -0.4 is 20.5 Å². The lowest BCUT2D eigenvalue weighted by Crippen LogP contribution is -2.42. The van der Waals surface area contributed by atoms with Crippen LogP contribution in [-0.2, 0) is 16.6 Å². The van der Waals surface area contributed by atoms with Gasteiger partial charge in [-0.15, -0.1) is 0 Å². The van der Waals surface area contributed by atoms with Crippen LogP contribution in [0.3, 0.4) is 0 Å². The molecule has 0 saturated carbocycles. The largest absolute Gasteiger partial charge is 0.434 e. The Labute approximate surface area is 126 Å². The average molecular weight is 337 g/mol. The molecule has 4 N–H and O–H groups in total. The van der Waals surface area contributed by atoms with E-state index in [4.69, 9.17) is 5.14 Å². The Morgan fingerprint density at radius 2 is 1.95 bits per heavy atom. The van der Waals surface area contributed by atoms with E-state index < -0.39 is 27.9 Å². The fourth-order valence-electron chi connectivity index (χ4n) is 1.45. The van der Waals surface area contributed by atoms with E-state index in [1.807, 2.05) is 0 Å². The van der Waals surface area contributed by atoms with Gasteiger partial charge >= 0.3 is 12.6 Å². The predicted octanol–water partition coefficient (Wildman–Crippen LogP) is 0.764. The number of urea groups is 1. The number of carbonyl (C=O) groups is 1. The third-order valence-corrected chi connectivity index (χ3v) is 4.03. The molecule has 10 heteroatoms. The summed E-state index contributed by atoms with van der Waals surface area (Å²) in [6, 6.07) is 5.35. The fourth-order valence-corrected chi connectivity index (χ4v) is 1.77. The van der Waals surface area contributed by atoms with Gasteiger partial charge in [-0.25, -0.2) is 18.4 Å². The molecule has 0 saturated heterocycles. The number of benzene rings is 1. The maximum Gasteiger partial charge on any atom is 0.387 e. The first-order valence-electron chi connectivity index (χ1n) is 6.26. The molecular weight excluding hydrogens is 320 g/mol. The quantitative estimate of drug-likeness (QED) is 0.682. The zero-order valence-electron chi connectivity index (χ0n) is 11.8. The second-order valence-electron chi connectivity index (χ2n) is 4.45. The Morgan fingerprint density at radius 3 is 2.55 bits per heavy atom. The van der Waals surface area contributed by atoms with Gasteiger partial charge in [0.25, 0.3) is 0 Å². The van der Waals surface area contributed by atoms with E-state index in [0.29, 0.717) is 5.56 Å². The van der Waals surface area contributed by atoms with Crippen LogP contribution in [0.1, 0.15) is 12.5 Å². The van der Waals surface area contributed by atoms with Gasteiger partial charge in [0.05, 0.1) is 5.25 Å². The molecule has 0 radical (unpaired) electrons. The molecular formula is C12H17F2N3O4S.